The number of alkyl halides is 3. The smallest absolute Gasteiger partial charge is 0.416 e. The zero-order valence-corrected chi connectivity index (χ0v) is 15.3. The Morgan fingerprint density at radius 1 is 1.10 bits per heavy atom. The van der Waals surface area contributed by atoms with Gasteiger partial charge in [0.15, 0.2) is 11.5 Å². The molecule has 30 heavy (non-hydrogen) atoms. The molecule has 4 rings (SSSR count). The van der Waals surface area contributed by atoms with Crippen LogP contribution in [0.5, 0.6) is 11.5 Å². The minimum absolute atomic E-state index is 0.0205. The fourth-order valence-corrected chi connectivity index (χ4v) is 2.89. The molecule has 1 aliphatic rings. The Morgan fingerprint density at radius 3 is 2.67 bits per heavy atom. The van der Waals surface area contributed by atoms with E-state index in [4.69, 9.17) is 9.47 Å². The predicted octanol–water partition coefficient (Wildman–Crippen LogP) is 3.30. The van der Waals surface area contributed by atoms with E-state index >= 15 is 0 Å². The first-order valence-corrected chi connectivity index (χ1v) is 8.73. The minimum atomic E-state index is -4.52. The van der Waals surface area contributed by atoms with Gasteiger partial charge in [-0.2, -0.15) is 13.2 Å². The first-order valence-electron chi connectivity index (χ1n) is 8.73. The number of anilines is 1. The van der Waals surface area contributed by atoms with E-state index in [2.05, 4.69) is 10.3 Å². The third-order valence-electron chi connectivity index (χ3n) is 4.34. The van der Waals surface area contributed by atoms with Crippen LogP contribution in [0.25, 0.3) is 11.3 Å². The van der Waals surface area contributed by atoms with Gasteiger partial charge in [-0.15, -0.1) is 0 Å². The number of halogens is 3. The van der Waals surface area contributed by atoms with Gasteiger partial charge in [-0.3, -0.25) is 14.2 Å². The molecule has 1 aliphatic heterocycles. The van der Waals surface area contributed by atoms with E-state index in [-0.39, 0.29) is 12.5 Å². The lowest BCUT2D eigenvalue weighted by atomic mass is 10.1. The molecule has 2 heterocycles. The average molecular weight is 417 g/mol. The summed E-state index contributed by atoms with van der Waals surface area (Å²) in [6.07, 6.45) is -3.32. The number of hydrogen-bond donors (Lipinski definition) is 1. The maximum Gasteiger partial charge on any atom is 0.416 e. The summed E-state index contributed by atoms with van der Waals surface area (Å²) in [5, 5.41) is 2.35. The molecule has 0 aliphatic carbocycles. The van der Waals surface area contributed by atoms with Crippen LogP contribution in [0.4, 0.5) is 18.9 Å². The molecule has 0 spiro atoms. The van der Waals surface area contributed by atoms with Crippen molar-refractivity contribution in [3.05, 3.63) is 70.8 Å². The lowest BCUT2D eigenvalue weighted by molar-refractivity contribution is -0.137. The fraction of sp³-hybridized carbons (Fsp3) is 0.150. The molecule has 0 saturated carbocycles. The summed E-state index contributed by atoms with van der Waals surface area (Å²) in [6.45, 7) is -0.279. The monoisotopic (exact) mass is 417 g/mol. The molecular weight excluding hydrogens is 403 g/mol. The van der Waals surface area contributed by atoms with Crippen LogP contribution in [0.1, 0.15) is 5.56 Å². The number of amides is 1. The van der Waals surface area contributed by atoms with Gasteiger partial charge in [0.05, 0.1) is 17.6 Å². The highest BCUT2D eigenvalue weighted by Gasteiger charge is 2.30. The molecule has 1 N–H and O–H groups in total. The van der Waals surface area contributed by atoms with Gasteiger partial charge in [-0.05, 0) is 36.4 Å². The Labute approximate surface area is 167 Å². The van der Waals surface area contributed by atoms with Gasteiger partial charge in [0, 0.05) is 17.3 Å². The zero-order valence-electron chi connectivity index (χ0n) is 15.3. The van der Waals surface area contributed by atoms with E-state index in [1.807, 2.05) is 0 Å². The second-order valence-electron chi connectivity index (χ2n) is 6.44. The summed E-state index contributed by atoms with van der Waals surface area (Å²) in [6, 6.07) is 10.6. The summed E-state index contributed by atoms with van der Waals surface area (Å²) in [7, 11) is 0. The lowest BCUT2D eigenvalue weighted by Gasteiger charge is -2.11. The highest BCUT2D eigenvalue weighted by molar-refractivity contribution is 5.90. The van der Waals surface area contributed by atoms with Gasteiger partial charge in [0.25, 0.3) is 5.56 Å². The molecule has 2 aromatic carbocycles. The summed E-state index contributed by atoms with van der Waals surface area (Å²) < 4.78 is 49.9. The van der Waals surface area contributed by atoms with E-state index in [1.165, 1.54) is 24.5 Å². The highest BCUT2D eigenvalue weighted by Crippen LogP contribution is 2.35. The van der Waals surface area contributed by atoms with E-state index in [0.717, 1.165) is 16.7 Å². The second kappa shape index (κ2) is 7.54. The van der Waals surface area contributed by atoms with Gasteiger partial charge < -0.3 is 14.8 Å². The summed E-state index contributed by atoms with van der Waals surface area (Å²) in [5.74, 6) is 0.478. The van der Waals surface area contributed by atoms with Crippen molar-refractivity contribution in [1.29, 1.82) is 0 Å². The largest absolute Gasteiger partial charge is 0.454 e. The molecule has 10 heteroatoms. The van der Waals surface area contributed by atoms with Crippen LogP contribution in [0.3, 0.4) is 0 Å². The molecule has 1 amide bonds. The number of benzene rings is 2. The highest BCUT2D eigenvalue weighted by atomic mass is 19.4. The molecule has 0 atom stereocenters. The SMILES string of the molecule is O=C(Cn1cnc(-c2ccc3c(c2)OCO3)cc1=O)Nc1cccc(C(F)(F)F)c1. The van der Waals surface area contributed by atoms with Gasteiger partial charge in [-0.25, -0.2) is 4.98 Å². The van der Waals surface area contributed by atoms with Crippen molar-refractivity contribution in [3.63, 3.8) is 0 Å². The summed E-state index contributed by atoms with van der Waals surface area (Å²) in [5.41, 5.74) is -0.373. The van der Waals surface area contributed by atoms with E-state index in [9.17, 15) is 22.8 Å². The molecule has 154 valence electrons. The molecule has 0 radical (unpaired) electrons. The second-order valence-corrected chi connectivity index (χ2v) is 6.44. The Hall–Kier alpha value is -3.82. The topological polar surface area (TPSA) is 82.5 Å². The number of carbonyl (C=O) groups is 1. The molecule has 0 bridgehead atoms. The van der Waals surface area contributed by atoms with Crippen LogP contribution in [-0.4, -0.2) is 22.3 Å². The first kappa shape index (κ1) is 19.5. The summed E-state index contributed by atoms with van der Waals surface area (Å²) >= 11 is 0. The third kappa shape index (κ3) is 4.12. The van der Waals surface area contributed by atoms with Crippen LogP contribution in [-0.2, 0) is 17.5 Å². The zero-order chi connectivity index (χ0) is 21.3. The first-order chi connectivity index (χ1) is 14.3. The van der Waals surface area contributed by atoms with Crippen molar-refractivity contribution < 1.29 is 27.4 Å². The van der Waals surface area contributed by atoms with Crippen molar-refractivity contribution in [3.8, 4) is 22.8 Å². The molecule has 0 fully saturated rings. The molecular formula is C20H14F3N3O4. The molecule has 0 saturated heterocycles. The normalized spacial score (nSPS) is 12.6. The number of carbonyl (C=O) groups excluding carboxylic acids is 1. The van der Waals surface area contributed by atoms with Crippen molar-refractivity contribution in [2.45, 2.75) is 12.7 Å². The number of fused-ring (bicyclic) bond motifs is 1. The van der Waals surface area contributed by atoms with Crippen molar-refractivity contribution >= 4 is 11.6 Å². The Balaban J connectivity index is 1.48. The van der Waals surface area contributed by atoms with Crippen molar-refractivity contribution in [2.75, 3.05) is 12.1 Å². The van der Waals surface area contributed by atoms with Gasteiger partial charge >= 0.3 is 6.18 Å². The standard InChI is InChI=1S/C20H14F3N3O4/c21-20(22,23)13-2-1-3-14(7-13)25-18(27)9-26-10-24-15(8-19(26)28)12-4-5-16-17(6-12)30-11-29-16/h1-8,10H,9,11H2,(H,25,27). The quantitative estimate of drug-likeness (QED) is 0.705. The average Bonchev–Trinajstić information content (AvgIpc) is 3.17. The third-order valence-corrected chi connectivity index (χ3v) is 4.34. The van der Waals surface area contributed by atoms with Gasteiger partial charge in [0.2, 0.25) is 12.7 Å². The Kier molecular flexibility index (Phi) is 4.90. The molecule has 0 unspecified atom stereocenters. The number of aromatic nitrogens is 2. The fourth-order valence-electron chi connectivity index (χ4n) is 2.89. The van der Waals surface area contributed by atoms with Crippen molar-refractivity contribution in [2.24, 2.45) is 0 Å². The predicted molar refractivity (Wildman–Crippen MR) is 100 cm³/mol. The number of rotatable bonds is 4. The van der Waals surface area contributed by atoms with Crippen LogP contribution < -0.4 is 20.3 Å². The Bertz CT molecular complexity index is 1170. The van der Waals surface area contributed by atoms with E-state index in [0.29, 0.717) is 22.8 Å². The molecule has 1 aromatic heterocycles. The number of ether oxygens (including phenoxy) is 2. The van der Waals surface area contributed by atoms with Crippen LogP contribution in [0, 0.1) is 0 Å². The Morgan fingerprint density at radius 2 is 1.90 bits per heavy atom. The van der Waals surface area contributed by atoms with Crippen LogP contribution in [0.2, 0.25) is 0 Å². The maximum atomic E-state index is 12.8. The number of nitrogens with zero attached hydrogens (tertiary/aromatic N) is 2. The molecule has 7 nitrogen and oxygen atoms in total. The minimum Gasteiger partial charge on any atom is -0.454 e. The van der Waals surface area contributed by atoms with Gasteiger partial charge in [-0.1, -0.05) is 6.07 Å². The number of nitrogens with one attached hydrogen (secondary N) is 1. The van der Waals surface area contributed by atoms with Crippen LogP contribution in [0.15, 0.2) is 59.7 Å². The van der Waals surface area contributed by atoms with Crippen LogP contribution >= 0.6 is 0 Å². The van der Waals surface area contributed by atoms with Crippen molar-refractivity contribution in [1.82, 2.24) is 9.55 Å². The lowest BCUT2D eigenvalue weighted by Crippen LogP contribution is -2.27. The van der Waals surface area contributed by atoms with Gasteiger partial charge in [0.1, 0.15) is 6.54 Å². The van der Waals surface area contributed by atoms with E-state index in [1.54, 1.807) is 18.2 Å². The molecule has 3 aromatic rings. The maximum absolute atomic E-state index is 12.8. The number of hydrogen-bond acceptors (Lipinski definition) is 5. The van der Waals surface area contributed by atoms with E-state index < -0.39 is 29.8 Å². The summed E-state index contributed by atoms with van der Waals surface area (Å²) in [4.78, 5) is 28.7.